The Bertz CT molecular complexity index is 671. The molecule has 128 valence electrons. The molecule has 1 fully saturated rings. The van der Waals surface area contributed by atoms with Crippen LogP contribution in [0.3, 0.4) is 0 Å². The fourth-order valence-corrected chi connectivity index (χ4v) is 3.33. The van der Waals surface area contributed by atoms with Gasteiger partial charge in [-0.2, -0.15) is 17.6 Å². The van der Waals surface area contributed by atoms with Gasteiger partial charge in [-0.15, -0.1) is 0 Å². The molecule has 0 unspecified atom stereocenters. The summed E-state index contributed by atoms with van der Waals surface area (Å²) in [5, 5.41) is 0. The number of hydrogen-bond donors (Lipinski definition) is 0. The Morgan fingerprint density at radius 3 is 1.71 bits per heavy atom. The average Bonchev–Trinajstić information content (AvgIpc) is 2.77. The highest BCUT2D eigenvalue weighted by Crippen LogP contribution is 2.53. The average molecular weight is 336 g/mol. The molecule has 1 aliphatic carbocycles. The van der Waals surface area contributed by atoms with E-state index in [0.29, 0.717) is 5.56 Å². The summed E-state index contributed by atoms with van der Waals surface area (Å²) >= 11 is 0. The van der Waals surface area contributed by atoms with Crippen LogP contribution in [0.5, 0.6) is 0 Å². The van der Waals surface area contributed by atoms with E-state index in [-0.39, 0.29) is 0 Å². The second kappa shape index (κ2) is 6.23. The second-order valence-corrected chi connectivity index (χ2v) is 6.58. The van der Waals surface area contributed by atoms with E-state index < -0.39 is 30.6 Å². The van der Waals surface area contributed by atoms with Gasteiger partial charge in [0.2, 0.25) is 0 Å². The number of rotatable bonds is 4. The molecule has 0 N–H and O–H groups in total. The van der Waals surface area contributed by atoms with E-state index >= 15 is 0 Å². The number of benzene rings is 2. The van der Waals surface area contributed by atoms with Gasteiger partial charge in [0, 0.05) is 12.8 Å². The number of aryl methyl sites for hydroxylation is 1. The molecule has 0 aliphatic heterocycles. The minimum atomic E-state index is -3.91. The molecule has 0 amide bonds. The van der Waals surface area contributed by atoms with Crippen molar-refractivity contribution in [2.24, 2.45) is 0 Å². The second-order valence-electron chi connectivity index (χ2n) is 6.58. The van der Waals surface area contributed by atoms with Crippen LogP contribution >= 0.6 is 0 Å². The summed E-state index contributed by atoms with van der Waals surface area (Å²) in [6, 6.07) is 15.2. The van der Waals surface area contributed by atoms with Crippen LogP contribution in [-0.2, 0) is 6.42 Å². The SMILES string of the molecule is CCCc1ccc(-c2ccc(C3CC(F)(F)C(F)(F)C3)cc2)cc1. The van der Waals surface area contributed by atoms with Gasteiger partial charge >= 0.3 is 11.8 Å². The number of alkyl halides is 4. The molecule has 0 radical (unpaired) electrons. The van der Waals surface area contributed by atoms with Crippen molar-refractivity contribution >= 4 is 0 Å². The van der Waals surface area contributed by atoms with Gasteiger partial charge in [-0.05, 0) is 34.6 Å². The van der Waals surface area contributed by atoms with E-state index in [1.165, 1.54) is 5.56 Å². The Hall–Kier alpha value is -1.84. The minimum Gasteiger partial charge on any atom is -0.200 e. The fourth-order valence-electron chi connectivity index (χ4n) is 3.33. The fraction of sp³-hybridized carbons (Fsp3) is 0.400. The van der Waals surface area contributed by atoms with Gasteiger partial charge in [-0.3, -0.25) is 0 Å². The number of halogens is 4. The maximum atomic E-state index is 13.4. The van der Waals surface area contributed by atoms with Gasteiger partial charge in [-0.25, -0.2) is 0 Å². The van der Waals surface area contributed by atoms with Crippen LogP contribution in [0.25, 0.3) is 11.1 Å². The molecule has 0 aromatic heterocycles. The Kier molecular flexibility index (Phi) is 4.41. The van der Waals surface area contributed by atoms with Crippen molar-refractivity contribution in [1.82, 2.24) is 0 Å². The van der Waals surface area contributed by atoms with Gasteiger partial charge in [-0.1, -0.05) is 61.9 Å². The summed E-state index contributed by atoms with van der Waals surface area (Å²) < 4.78 is 53.4. The monoisotopic (exact) mass is 336 g/mol. The molecule has 3 rings (SSSR count). The van der Waals surface area contributed by atoms with Crippen LogP contribution < -0.4 is 0 Å². The smallest absolute Gasteiger partial charge is 0.200 e. The van der Waals surface area contributed by atoms with Gasteiger partial charge < -0.3 is 0 Å². The van der Waals surface area contributed by atoms with Crippen molar-refractivity contribution < 1.29 is 17.6 Å². The van der Waals surface area contributed by atoms with E-state index in [0.717, 1.165) is 24.0 Å². The van der Waals surface area contributed by atoms with Crippen LogP contribution in [0, 0.1) is 0 Å². The topological polar surface area (TPSA) is 0 Å². The highest BCUT2D eigenvalue weighted by Gasteiger charge is 2.63. The zero-order valence-corrected chi connectivity index (χ0v) is 13.5. The third kappa shape index (κ3) is 3.19. The lowest BCUT2D eigenvalue weighted by atomic mass is 9.94. The lowest BCUT2D eigenvalue weighted by molar-refractivity contribution is -0.185. The summed E-state index contributed by atoms with van der Waals surface area (Å²) in [6.07, 6.45) is 0.546. The highest BCUT2D eigenvalue weighted by molar-refractivity contribution is 5.64. The molecule has 0 spiro atoms. The predicted octanol–water partition coefficient (Wildman–Crippen LogP) is 6.45. The first-order valence-corrected chi connectivity index (χ1v) is 8.27. The molecule has 2 aromatic rings. The van der Waals surface area contributed by atoms with Crippen LogP contribution in [0.1, 0.15) is 43.2 Å². The molecule has 2 aromatic carbocycles. The van der Waals surface area contributed by atoms with Crippen LogP contribution in [-0.4, -0.2) is 11.8 Å². The zero-order valence-electron chi connectivity index (χ0n) is 13.5. The van der Waals surface area contributed by atoms with Crippen LogP contribution in [0.2, 0.25) is 0 Å². The Morgan fingerprint density at radius 2 is 1.25 bits per heavy atom. The van der Waals surface area contributed by atoms with Crippen LogP contribution in [0.4, 0.5) is 17.6 Å². The lowest BCUT2D eigenvalue weighted by Gasteiger charge is -2.16. The summed E-state index contributed by atoms with van der Waals surface area (Å²) in [4.78, 5) is 0. The van der Waals surface area contributed by atoms with E-state index in [1.54, 1.807) is 12.1 Å². The Balaban J connectivity index is 1.76. The summed E-state index contributed by atoms with van der Waals surface area (Å²) in [7, 11) is 0. The first-order valence-electron chi connectivity index (χ1n) is 8.27. The largest absolute Gasteiger partial charge is 0.310 e. The molecule has 0 saturated heterocycles. The summed E-state index contributed by atoms with van der Waals surface area (Å²) in [6.45, 7) is 2.13. The standard InChI is InChI=1S/C20H20F4/c1-2-3-14-4-6-15(7-5-14)16-8-10-17(11-9-16)18-12-19(21,22)20(23,24)13-18/h4-11,18H,2-3,12-13H2,1H3. The Labute approximate surface area is 139 Å². The summed E-state index contributed by atoms with van der Waals surface area (Å²) in [5.74, 6) is -8.62. The molecular weight excluding hydrogens is 316 g/mol. The van der Waals surface area contributed by atoms with Crippen molar-refractivity contribution in [3.05, 3.63) is 59.7 Å². The quantitative estimate of drug-likeness (QED) is 0.563. The van der Waals surface area contributed by atoms with E-state index in [4.69, 9.17) is 0 Å². The molecule has 4 heteroatoms. The zero-order chi connectivity index (χ0) is 17.4. The third-order valence-electron chi connectivity index (χ3n) is 4.75. The lowest BCUT2D eigenvalue weighted by Crippen LogP contribution is -2.33. The third-order valence-corrected chi connectivity index (χ3v) is 4.75. The molecular formula is C20H20F4. The van der Waals surface area contributed by atoms with Crippen molar-refractivity contribution in [2.45, 2.75) is 50.4 Å². The number of hydrogen-bond acceptors (Lipinski definition) is 0. The van der Waals surface area contributed by atoms with Crippen molar-refractivity contribution in [3.8, 4) is 11.1 Å². The maximum Gasteiger partial charge on any atom is 0.310 e. The van der Waals surface area contributed by atoms with Gasteiger partial charge in [0.05, 0.1) is 0 Å². The molecule has 0 nitrogen and oxygen atoms in total. The van der Waals surface area contributed by atoms with Crippen molar-refractivity contribution in [3.63, 3.8) is 0 Å². The molecule has 24 heavy (non-hydrogen) atoms. The van der Waals surface area contributed by atoms with Gasteiger partial charge in [0.25, 0.3) is 0 Å². The molecule has 1 aliphatic rings. The predicted molar refractivity (Wildman–Crippen MR) is 87.7 cm³/mol. The van der Waals surface area contributed by atoms with E-state index in [9.17, 15) is 17.6 Å². The molecule has 0 atom stereocenters. The minimum absolute atomic E-state index is 0.554. The maximum absolute atomic E-state index is 13.4. The van der Waals surface area contributed by atoms with E-state index in [1.807, 2.05) is 24.3 Å². The first kappa shape index (κ1) is 17.0. The summed E-state index contributed by atoms with van der Waals surface area (Å²) in [5.41, 5.74) is 3.81. The molecule has 0 bridgehead atoms. The van der Waals surface area contributed by atoms with E-state index in [2.05, 4.69) is 19.1 Å². The van der Waals surface area contributed by atoms with Crippen molar-refractivity contribution in [2.75, 3.05) is 0 Å². The van der Waals surface area contributed by atoms with Gasteiger partial charge in [0.1, 0.15) is 0 Å². The highest BCUT2D eigenvalue weighted by atomic mass is 19.3. The van der Waals surface area contributed by atoms with Crippen molar-refractivity contribution in [1.29, 1.82) is 0 Å². The Morgan fingerprint density at radius 1 is 0.792 bits per heavy atom. The van der Waals surface area contributed by atoms with Gasteiger partial charge in [0.15, 0.2) is 0 Å². The molecule has 1 saturated carbocycles. The normalized spacial score (nSPS) is 19.5. The van der Waals surface area contributed by atoms with Crippen LogP contribution in [0.15, 0.2) is 48.5 Å². The molecule has 0 heterocycles. The first-order chi connectivity index (χ1) is 11.3.